The molecule has 0 saturated carbocycles. The standard InChI is InChI=1S/C14H22N4/c1-14(2,9-16-10-17-15)12-8-18(3)13-7-5-4-6-11(12)13/h4-8,16-17H,9-10,15H2,1-3H3. The lowest BCUT2D eigenvalue weighted by Crippen LogP contribution is -2.40. The molecule has 4 heteroatoms. The molecule has 0 spiro atoms. The first-order chi connectivity index (χ1) is 8.56. The fraction of sp³-hybridized carbons (Fsp3) is 0.429. The minimum atomic E-state index is 0.0672. The number of aryl methyl sites for hydroxylation is 1. The highest BCUT2D eigenvalue weighted by Crippen LogP contribution is 2.31. The molecular weight excluding hydrogens is 224 g/mol. The average Bonchev–Trinajstić information content (AvgIpc) is 2.69. The van der Waals surface area contributed by atoms with Crippen LogP contribution in [0.3, 0.4) is 0 Å². The van der Waals surface area contributed by atoms with Crippen LogP contribution in [0.5, 0.6) is 0 Å². The molecule has 0 atom stereocenters. The van der Waals surface area contributed by atoms with Gasteiger partial charge in [0.15, 0.2) is 0 Å². The number of aromatic nitrogens is 1. The summed E-state index contributed by atoms with van der Waals surface area (Å²) in [7, 11) is 2.09. The van der Waals surface area contributed by atoms with Gasteiger partial charge < -0.3 is 9.88 Å². The molecule has 0 aliphatic rings. The Balaban J connectivity index is 2.35. The average molecular weight is 246 g/mol. The molecule has 0 radical (unpaired) electrons. The summed E-state index contributed by atoms with van der Waals surface area (Å²) in [4.78, 5) is 0. The van der Waals surface area contributed by atoms with Crippen molar-refractivity contribution in [3.8, 4) is 0 Å². The summed E-state index contributed by atoms with van der Waals surface area (Å²) in [6, 6.07) is 8.52. The van der Waals surface area contributed by atoms with Crippen molar-refractivity contribution < 1.29 is 0 Å². The summed E-state index contributed by atoms with van der Waals surface area (Å²) in [6.45, 7) is 6.00. The largest absolute Gasteiger partial charge is 0.350 e. The Morgan fingerprint density at radius 3 is 2.72 bits per heavy atom. The van der Waals surface area contributed by atoms with E-state index in [1.165, 1.54) is 16.5 Å². The van der Waals surface area contributed by atoms with Crippen LogP contribution in [-0.2, 0) is 12.5 Å². The van der Waals surface area contributed by atoms with E-state index >= 15 is 0 Å². The van der Waals surface area contributed by atoms with Crippen molar-refractivity contribution in [1.29, 1.82) is 0 Å². The van der Waals surface area contributed by atoms with E-state index in [1.807, 2.05) is 0 Å². The molecule has 0 bridgehead atoms. The predicted molar refractivity (Wildman–Crippen MR) is 76.1 cm³/mol. The van der Waals surface area contributed by atoms with Crippen LogP contribution in [0.4, 0.5) is 0 Å². The number of nitrogens with two attached hydrogens (primary N) is 1. The van der Waals surface area contributed by atoms with Crippen LogP contribution >= 0.6 is 0 Å². The van der Waals surface area contributed by atoms with E-state index < -0.39 is 0 Å². The first-order valence-electron chi connectivity index (χ1n) is 6.25. The van der Waals surface area contributed by atoms with Gasteiger partial charge in [-0.2, -0.15) is 0 Å². The number of fused-ring (bicyclic) bond motifs is 1. The number of hydrogen-bond donors (Lipinski definition) is 3. The molecule has 1 aromatic heterocycles. The van der Waals surface area contributed by atoms with Gasteiger partial charge in [-0.3, -0.25) is 5.84 Å². The van der Waals surface area contributed by atoms with Gasteiger partial charge in [0.2, 0.25) is 0 Å². The first-order valence-corrected chi connectivity index (χ1v) is 6.25. The summed E-state index contributed by atoms with van der Waals surface area (Å²) in [5, 5.41) is 4.63. The SMILES string of the molecule is Cn1cc(C(C)(C)CNCNN)c2ccccc21. The van der Waals surface area contributed by atoms with Crippen LogP contribution in [0.25, 0.3) is 10.9 Å². The van der Waals surface area contributed by atoms with Gasteiger partial charge in [0, 0.05) is 36.1 Å². The molecule has 0 aliphatic carbocycles. The maximum Gasteiger partial charge on any atom is 0.0587 e. The second-order valence-electron chi connectivity index (χ2n) is 5.36. The number of nitrogens with zero attached hydrogens (tertiary/aromatic N) is 1. The van der Waals surface area contributed by atoms with Gasteiger partial charge in [-0.15, -0.1) is 0 Å². The van der Waals surface area contributed by atoms with Crippen molar-refractivity contribution in [2.45, 2.75) is 19.3 Å². The molecule has 0 saturated heterocycles. The van der Waals surface area contributed by atoms with Crippen LogP contribution in [-0.4, -0.2) is 17.8 Å². The van der Waals surface area contributed by atoms with Crippen molar-refractivity contribution in [3.05, 3.63) is 36.0 Å². The fourth-order valence-corrected chi connectivity index (χ4v) is 2.42. The minimum absolute atomic E-state index is 0.0672. The van der Waals surface area contributed by atoms with Crippen molar-refractivity contribution in [2.75, 3.05) is 13.2 Å². The van der Waals surface area contributed by atoms with E-state index in [1.54, 1.807) is 0 Å². The normalized spacial score (nSPS) is 12.2. The molecule has 2 aromatic rings. The zero-order valence-electron chi connectivity index (χ0n) is 11.3. The molecule has 0 aliphatic heterocycles. The third kappa shape index (κ3) is 2.41. The van der Waals surface area contributed by atoms with Crippen LogP contribution in [0.1, 0.15) is 19.4 Å². The highest BCUT2D eigenvalue weighted by atomic mass is 15.3. The fourth-order valence-electron chi connectivity index (χ4n) is 2.42. The maximum absolute atomic E-state index is 5.27. The van der Waals surface area contributed by atoms with Gasteiger partial charge in [-0.05, 0) is 11.6 Å². The van der Waals surface area contributed by atoms with Crippen molar-refractivity contribution in [3.63, 3.8) is 0 Å². The van der Waals surface area contributed by atoms with Crippen LogP contribution in [0.2, 0.25) is 0 Å². The van der Waals surface area contributed by atoms with Crippen LogP contribution < -0.4 is 16.6 Å². The summed E-state index contributed by atoms with van der Waals surface area (Å²) < 4.78 is 2.19. The molecule has 18 heavy (non-hydrogen) atoms. The Labute approximate surface area is 108 Å². The zero-order chi connectivity index (χ0) is 13.2. The summed E-state index contributed by atoms with van der Waals surface area (Å²) in [6.07, 6.45) is 2.22. The summed E-state index contributed by atoms with van der Waals surface area (Å²) in [5.41, 5.74) is 5.33. The van der Waals surface area contributed by atoms with Gasteiger partial charge in [-0.1, -0.05) is 32.0 Å². The molecule has 1 aromatic carbocycles. The number of hydrogen-bond acceptors (Lipinski definition) is 3. The highest BCUT2D eigenvalue weighted by Gasteiger charge is 2.24. The van der Waals surface area contributed by atoms with Gasteiger partial charge in [0.25, 0.3) is 0 Å². The Hall–Kier alpha value is -1.36. The minimum Gasteiger partial charge on any atom is -0.350 e. The summed E-state index contributed by atoms with van der Waals surface area (Å²) >= 11 is 0. The third-order valence-corrected chi connectivity index (χ3v) is 3.42. The molecule has 98 valence electrons. The van der Waals surface area contributed by atoms with Crippen molar-refractivity contribution in [1.82, 2.24) is 15.3 Å². The van der Waals surface area contributed by atoms with E-state index in [0.29, 0.717) is 6.67 Å². The second kappa shape index (κ2) is 5.10. The number of benzene rings is 1. The smallest absolute Gasteiger partial charge is 0.0587 e. The predicted octanol–water partition coefficient (Wildman–Crippen LogP) is 1.47. The molecule has 0 fully saturated rings. The van der Waals surface area contributed by atoms with Crippen molar-refractivity contribution >= 4 is 10.9 Å². The molecule has 0 unspecified atom stereocenters. The molecule has 4 N–H and O–H groups in total. The van der Waals surface area contributed by atoms with Crippen LogP contribution in [0.15, 0.2) is 30.5 Å². The lowest BCUT2D eigenvalue weighted by atomic mass is 9.84. The Morgan fingerprint density at radius 1 is 1.28 bits per heavy atom. The van der Waals surface area contributed by atoms with E-state index in [-0.39, 0.29) is 5.41 Å². The lowest BCUT2D eigenvalue weighted by molar-refractivity contribution is 0.456. The molecule has 1 heterocycles. The lowest BCUT2D eigenvalue weighted by Gasteiger charge is -2.25. The van der Waals surface area contributed by atoms with E-state index in [4.69, 9.17) is 5.84 Å². The number of nitrogens with one attached hydrogen (secondary N) is 2. The van der Waals surface area contributed by atoms with Gasteiger partial charge in [0.1, 0.15) is 0 Å². The van der Waals surface area contributed by atoms with Gasteiger partial charge in [0.05, 0.1) is 6.67 Å². The topological polar surface area (TPSA) is 55.0 Å². The van der Waals surface area contributed by atoms with E-state index in [9.17, 15) is 0 Å². The molecule has 2 rings (SSSR count). The van der Waals surface area contributed by atoms with E-state index in [0.717, 1.165) is 6.54 Å². The molecule has 4 nitrogen and oxygen atoms in total. The number of hydrazine groups is 1. The molecule has 0 amide bonds. The monoisotopic (exact) mass is 246 g/mol. The zero-order valence-corrected chi connectivity index (χ0v) is 11.3. The molecular formula is C14H22N4. The quantitative estimate of drug-likeness (QED) is 0.324. The van der Waals surface area contributed by atoms with Gasteiger partial charge in [-0.25, -0.2) is 5.43 Å². The third-order valence-electron chi connectivity index (χ3n) is 3.42. The Bertz CT molecular complexity index is 528. The van der Waals surface area contributed by atoms with Gasteiger partial charge >= 0.3 is 0 Å². The maximum atomic E-state index is 5.27. The number of rotatable bonds is 5. The number of para-hydroxylation sites is 1. The van der Waals surface area contributed by atoms with E-state index in [2.05, 4.69) is 66.7 Å². The highest BCUT2D eigenvalue weighted by molar-refractivity contribution is 5.85. The van der Waals surface area contributed by atoms with Crippen LogP contribution in [0, 0.1) is 0 Å². The second-order valence-corrected chi connectivity index (χ2v) is 5.36. The van der Waals surface area contributed by atoms with Crippen molar-refractivity contribution in [2.24, 2.45) is 12.9 Å². The summed E-state index contributed by atoms with van der Waals surface area (Å²) in [5.74, 6) is 5.27. The Kier molecular flexibility index (Phi) is 3.71. The Morgan fingerprint density at radius 2 is 2.00 bits per heavy atom. The first kappa shape index (κ1) is 13.1.